The summed E-state index contributed by atoms with van der Waals surface area (Å²) in [4.78, 5) is 0. The monoisotopic (exact) mass is 182 g/mol. The molecule has 0 aliphatic heterocycles. The van der Waals surface area contributed by atoms with E-state index in [1.54, 1.807) is 0 Å². The predicted octanol–water partition coefficient (Wildman–Crippen LogP) is 1.37. The fourth-order valence-electron chi connectivity index (χ4n) is 1.85. The predicted molar refractivity (Wildman–Crippen MR) is 55.8 cm³/mol. The molecule has 0 amide bonds. The highest BCUT2D eigenvalue weighted by atomic mass is 15.0. The van der Waals surface area contributed by atoms with Crippen LogP contribution in [0.4, 0.5) is 0 Å². The maximum Gasteiger partial charge on any atom is 0.00793 e. The first-order valence-electron chi connectivity index (χ1n) is 5.62. The highest BCUT2D eigenvalue weighted by molar-refractivity contribution is 4.96. The van der Waals surface area contributed by atoms with E-state index in [-0.39, 0.29) is 0 Å². The summed E-state index contributed by atoms with van der Waals surface area (Å²) in [6.45, 7) is 8.24. The first kappa shape index (κ1) is 9.47. The minimum atomic E-state index is 0.636. The van der Waals surface area contributed by atoms with Crippen molar-refractivity contribution in [2.24, 2.45) is 11.3 Å². The Balaban J connectivity index is 1.41. The summed E-state index contributed by atoms with van der Waals surface area (Å²) in [5.74, 6) is 0.938. The van der Waals surface area contributed by atoms with Gasteiger partial charge in [-0.3, -0.25) is 0 Å². The van der Waals surface area contributed by atoms with Crippen LogP contribution >= 0.6 is 0 Å². The Morgan fingerprint density at radius 3 is 2.46 bits per heavy atom. The summed E-state index contributed by atoms with van der Waals surface area (Å²) in [5, 5.41) is 7.03. The van der Waals surface area contributed by atoms with Gasteiger partial charge in [-0.1, -0.05) is 13.8 Å². The van der Waals surface area contributed by atoms with Gasteiger partial charge in [0.1, 0.15) is 0 Å². The highest BCUT2D eigenvalue weighted by Crippen LogP contribution is 2.50. The highest BCUT2D eigenvalue weighted by Gasteiger charge is 2.44. The Kier molecular flexibility index (Phi) is 2.61. The average Bonchev–Trinajstić information content (AvgIpc) is 2.91. The second kappa shape index (κ2) is 3.58. The van der Waals surface area contributed by atoms with Crippen LogP contribution in [0.1, 0.15) is 33.1 Å². The molecular weight excluding hydrogens is 160 g/mol. The third-order valence-corrected chi connectivity index (χ3v) is 3.42. The van der Waals surface area contributed by atoms with E-state index in [4.69, 9.17) is 0 Å². The summed E-state index contributed by atoms with van der Waals surface area (Å²) in [6, 6.07) is 0.860. The lowest BCUT2D eigenvalue weighted by molar-refractivity contribution is 0.512. The molecule has 0 bridgehead atoms. The summed E-state index contributed by atoms with van der Waals surface area (Å²) in [6.07, 6.45) is 4.21. The van der Waals surface area contributed by atoms with Gasteiger partial charge in [-0.15, -0.1) is 0 Å². The Labute approximate surface area is 81.5 Å². The van der Waals surface area contributed by atoms with Crippen LogP contribution in [0.2, 0.25) is 0 Å². The molecule has 2 aliphatic carbocycles. The van der Waals surface area contributed by atoms with Crippen LogP contribution in [-0.2, 0) is 0 Å². The molecule has 1 atom stereocenters. The zero-order valence-corrected chi connectivity index (χ0v) is 8.90. The van der Waals surface area contributed by atoms with Gasteiger partial charge < -0.3 is 10.6 Å². The average molecular weight is 182 g/mol. The molecular formula is C11H22N2. The van der Waals surface area contributed by atoms with E-state index in [9.17, 15) is 0 Å². The first-order valence-corrected chi connectivity index (χ1v) is 5.62. The van der Waals surface area contributed by atoms with Crippen LogP contribution in [0.25, 0.3) is 0 Å². The van der Waals surface area contributed by atoms with Gasteiger partial charge in [0.05, 0.1) is 0 Å². The van der Waals surface area contributed by atoms with Crippen LogP contribution in [0.15, 0.2) is 0 Å². The molecule has 0 radical (unpaired) electrons. The molecule has 0 spiro atoms. The van der Waals surface area contributed by atoms with Gasteiger partial charge in [0.15, 0.2) is 0 Å². The number of rotatable bonds is 6. The van der Waals surface area contributed by atoms with Gasteiger partial charge in [-0.25, -0.2) is 0 Å². The quantitative estimate of drug-likeness (QED) is 0.606. The standard InChI is InChI=1S/C11H22N2/c1-11(2)7-9(11)8-12-5-6-13-10-3-4-10/h9-10,12-13H,3-8H2,1-2H3. The van der Waals surface area contributed by atoms with Crippen LogP contribution in [0.5, 0.6) is 0 Å². The van der Waals surface area contributed by atoms with Crippen molar-refractivity contribution in [2.45, 2.75) is 39.2 Å². The van der Waals surface area contributed by atoms with Crippen molar-refractivity contribution in [1.82, 2.24) is 10.6 Å². The fraction of sp³-hybridized carbons (Fsp3) is 1.00. The van der Waals surface area contributed by atoms with E-state index in [1.165, 1.54) is 25.8 Å². The van der Waals surface area contributed by atoms with Gasteiger partial charge in [0.25, 0.3) is 0 Å². The van der Waals surface area contributed by atoms with E-state index >= 15 is 0 Å². The summed E-state index contributed by atoms with van der Waals surface area (Å²) < 4.78 is 0. The molecule has 2 aliphatic rings. The second-order valence-electron chi connectivity index (χ2n) is 5.32. The van der Waals surface area contributed by atoms with Gasteiger partial charge in [-0.2, -0.15) is 0 Å². The molecule has 1 unspecified atom stereocenters. The molecule has 0 aromatic carbocycles. The SMILES string of the molecule is CC1(C)CC1CNCCNC1CC1. The van der Waals surface area contributed by atoms with Crippen molar-refractivity contribution in [2.75, 3.05) is 19.6 Å². The lowest BCUT2D eigenvalue weighted by Crippen LogP contribution is -2.30. The third-order valence-electron chi connectivity index (χ3n) is 3.42. The first-order chi connectivity index (χ1) is 6.18. The molecule has 2 nitrogen and oxygen atoms in total. The van der Waals surface area contributed by atoms with Crippen molar-refractivity contribution in [1.29, 1.82) is 0 Å². The summed E-state index contributed by atoms with van der Waals surface area (Å²) >= 11 is 0. The maximum absolute atomic E-state index is 3.52. The van der Waals surface area contributed by atoms with Gasteiger partial charge in [0.2, 0.25) is 0 Å². The topological polar surface area (TPSA) is 24.1 Å². The summed E-state index contributed by atoms with van der Waals surface area (Å²) in [7, 11) is 0. The van der Waals surface area contributed by atoms with E-state index < -0.39 is 0 Å². The van der Waals surface area contributed by atoms with Crippen molar-refractivity contribution in [3.05, 3.63) is 0 Å². The molecule has 0 aromatic rings. The van der Waals surface area contributed by atoms with Gasteiger partial charge in [-0.05, 0) is 37.1 Å². The number of nitrogens with one attached hydrogen (secondary N) is 2. The normalized spacial score (nSPS) is 30.5. The lowest BCUT2D eigenvalue weighted by atomic mass is 10.1. The zero-order valence-electron chi connectivity index (χ0n) is 8.90. The lowest BCUT2D eigenvalue weighted by Gasteiger charge is -2.06. The molecule has 13 heavy (non-hydrogen) atoms. The van der Waals surface area contributed by atoms with Crippen LogP contribution in [0.3, 0.4) is 0 Å². The molecule has 2 rings (SSSR count). The van der Waals surface area contributed by atoms with E-state index in [1.807, 2.05) is 0 Å². The fourth-order valence-corrected chi connectivity index (χ4v) is 1.85. The Morgan fingerprint density at radius 1 is 1.23 bits per heavy atom. The van der Waals surface area contributed by atoms with Crippen molar-refractivity contribution in [3.8, 4) is 0 Å². The largest absolute Gasteiger partial charge is 0.315 e. The smallest absolute Gasteiger partial charge is 0.00793 e. The molecule has 2 saturated carbocycles. The maximum atomic E-state index is 3.52. The summed E-state index contributed by atoms with van der Waals surface area (Å²) in [5.41, 5.74) is 0.636. The molecule has 2 N–H and O–H groups in total. The van der Waals surface area contributed by atoms with Crippen LogP contribution in [0, 0.1) is 11.3 Å². The van der Waals surface area contributed by atoms with E-state index in [2.05, 4.69) is 24.5 Å². The van der Waals surface area contributed by atoms with Crippen molar-refractivity contribution < 1.29 is 0 Å². The Morgan fingerprint density at radius 2 is 1.92 bits per heavy atom. The van der Waals surface area contributed by atoms with Crippen molar-refractivity contribution >= 4 is 0 Å². The molecule has 2 heteroatoms. The Hall–Kier alpha value is -0.0800. The third kappa shape index (κ3) is 2.96. The molecule has 0 heterocycles. The van der Waals surface area contributed by atoms with Crippen LogP contribution in [-0.4, -0.2) is 25.7 Å². The minimum absolute atomic E-state index is 0.636. The number of hydrogen-bond donors (Lipinski definition) is 2. The zero-order chi connectivity index (χ0) is 9.31. The molecule has 76 valence electrons. The molecule has 0 saturated heterocycles. The minimum Gasteiger partial charge on any atom is -0.315 e. The molecule has 2 fully saturated rings. The number of hydrogen-bond acceptors (Lipinski definition) is 2. The van der Waals surface area contributed by atoms with Gasteiger partial charge in [0, 0.05) is 19.1 Å². The Bertz CT molecular complexity index is 173. The van der Waals surface area contributed by atoms with Crippen LogP contribution < -0.4 is 10.6 Å². The van der Waals surface area contributed by atoms with E-state index in [0.29, 0.717) is 5.41 Å². The van der Waals surface area contributed by atoms with E-state index in [0.717, 1.165) is 25.0 Å². The molecule has 0 aromatic heterocycles. The van der Waals surface area contributed by atoms with Crippen molar-refractivity contribution in [3.63, 3.8) is 0 Å². The second-order valence-corrected chi connectivity index (χ2v) is 5.32. The van der Waals surface area contributed by atoms with Gasteiger partial charge >= 0.3 is 0 Å².